The lowest BCUT2D eigenvalue weighted by molar-refractivity contribution is 0.422. The van der Waals surface area contributed by atoms with Gasteiger partial charge >= 0.3 is 0 Å². The first kappa shape index (κ1) is 16.1. The Morgan fingerprint density at radius 2 is 1.86 bits per heavy atom. The van der Waals surface area contributed by atoms with Crippen molar-refractivity contribution in [2.75, 3.05) is 6.54 Å². The molecule has 1 heterocycles. The number of rotatable bonds is 5. The second kappa shape index (κ2) is 6.67. The number of benzene rings is 1. The summed E-state index contributed by atoms with van der Waals surface area (Å²) in [5.74, 6) is 0. The van der Waals surface area contributed by atoms with Gasteiger partial charge in [-0.2, -0.15) is 0 Å². The number of hydrogen-bond donors (Lipinski definition) is 1. The third-order valence-corrected chi connectivity index (χ3v) is 4.48. The molecule has 2 aromatic rings. The van der Waals surface area contributed by atoms with Crippen LogP contribution in [0.25, 0.3) is 10.6 Å². The summed E-state index contributed by atoms with van der Waals surface area (Å²) in [6.45, 7) is 11.9. The molecule has 0 saturated carbocycles. The molecule has 0 atom stereocenters. The zero-order chi connectivity index (χ0) is 15.5. The average molecular weight is 303 g/mol. The Kier molecular flexibility index (Phi) is 5.12. The van der Waals surface area contributed by atoms with Crippen LogP contribution in [0.2, 0.25) is 0 Å². The van der Waals surface area contributed by atoms with E-state index in [2.05, 4.69) is 68.3 Å². The molecular formula is C17H25N3S. The average Bonchev–Trinajstić information content (AvgIpc) is 2.86. The molecule has 0 aliphatic heterocycles. The molecule has 0 unspecified atom stereocenters. The molecule has 4 heteroatoms. The van der Waals surface area contributed by atoms with Crippen LogP contribution in [0.4, 0.5) is 0 Å². The molecule has 0 radical (unpaired) electrons. The predicted octanol–water partition coefficient (Wildman–Crippen LogP) is 4.14. The van der Waals surface area contributed by atoms with Crippen LogP contribution in [-0.2, 0) is 6.42 Å². The van der Waals surface area contributed by atoms with Gasteiger partial charge in [0.15, 0.2) is 0 Å². The molecule has 0 aliphatic carbocycles. The summed E-state index contributed by atoms with van der Waals surface area (Å²) in [6.07, 6.45) is 2.09. The molecule has 0 aliphatic rings. The first-order valence-electron chi connectivity index (χ1n) is 7.50. The lowest BCUT2D eigenvalue weighted by Crippen LogP contribution is -2.36. The van der Waals surface area contributed by atoms with Crippen molar-refractivity contribution in [2.45, 2.75) is 53.0 Å². The van der Waals surface area contributed by atoms with E-state index in [0.717, 1.165) is 29.4 Å². The van der Waals surface area contributed by atoms with Crippen LogP contribution in [-0.4, -0.2) is 22.3 Å². The summed E-state index contributed by atoms with van der Waals surface area (Å²) in [5.41, 5.74) is 3.98. The van der Waals surface area contributed by atoms with Crippen molar-refractivity contribution in [3.8, 4) is 10.6 Å². The van der Waals surface area contributed by atoms with Crippen molar-refractivity contribution < 1.29 is 0 Å². The van der Waals surface area contributed by atoms with Crippen LogP contribution in [0.15, 0.2) is 18.2 Å². The Morgan fingerprint density at radius 3 is 2.52 bits per heavy atom. The molecule has 3 nitrogen and oxygen atoms in total. The maximum atomic E-state index is 4.33. The standard InChI is InChI=1S/C17H25N3S/c1-12-8-9-14(11-13(12)2)16-20-19-15(21-16)7-6-10-18-17(3,4)5/h8-9,11,18H,6-7,10H2,1-5H3. The van der Waals surface area contributed by atoms with E-state index >= 15 is 0 Å². The minimum atomic E-state index is 0.186. The highest BCUT2D eigenvalue weighted by atomic mass is 32.1. The second-order valence-corrected chi connectivity index (χ2v) is 7.64. The van der Waals surface area contributed by atoms with E-state index in [-0.39, 0.29) is 5.54 Å². The third kappa shape index (κ3) is 4.90. The lowest BCUT2D eigenvalue weighted by atomic mass is 10.1. The summed E-state index contributed by atoms with van der Waals surface area (Å²) in [6, 6.07) is 6.48. The van der Waals surface area contributed by atoms with E-state index in [1.807, 2.05) is 0 Å². The van der Waals surface area contributed by atoms with E-state index in [4.69, 9.17) is 0 Å². The van der Waals surface area contributed by atoms with Crippen molar-refractivity contribution in [1.29, 1.82) is 0 Å². The SMILES string of the molecule is Cc1ccc(-c2nnc(CCCNC(C)(C)C)s2)cc1C. The highest BCUT2D eigenvalue weighted by Crippen LogP contribution is 2.25. The largest absolute Gasteiger partial charge is 0.312 e. The predicted molar refractivity (Wildman–Crippen MR) is 90.9 cm³/mol. The van der Waals surface area contributed by atoms with Gasteiger partial charge in [-0.05, 0) is 64.8 Å². The highest BCUT2D eigenvalue weighted by Gasteiger charge is 2.10. The third-order valence-electron chi connectivity index (χ3n) is 3.44. The first-order valence-corrected chi connectivity index (χ1v) is 8.32. The number of aromatic nitrogens is 2. The number of aryl methyl sites for hydroxylation is 3. The van der Waals surface area contributed by atoms with Crippen molar-refractivity contribution in [3.05, 3.63) is 34.3 Å². The Labute approximate surface area is 131 Å². The summed E-state index contributed by atoms with van der Waals surface area (Å²) in [7, 11) is 0. The van der Waals surface area contributed by atoms with Gasteiger partial charge in [0.2, 0.25) is 0 Å². The van der Waals surface area contributed by atoms with Crippen LogP contribution in [0.1, 0.15) is 43.3 Å². The molecule has 0 saturated heterocycles. The van der Waals surface area contributed by atoms with Crippen LogP contribution in [0, 0.1) is 13.8 Å². The fourth-order valence-electron chi connectivity index (χ4n) is 2.05. The smallest absolute Gasteiger partial charge is 0.147 e. The van der Waals surface area contributed by atoms with E-state index < -0.39 is 0 Å². The molecule has 1 aromatic heterocycles. The molecule has 0 spiro atoms. The fourth-order valence-corrected chi connectivity index (χ4v) is 2.93. The molecule has 2 rings (SSSR count). The van der Waals surface area contributed by atoms with Crippen molar-refractivity contribution in [3.63, 3.8) is 0 Å². The minimum absolute atomic E-state index is 0.186. The summed E-state index contributed by atoms with van der Waals surface area (Å²) < 4.78 is 0. The fraction of sp³-hybridized carbons (Fsp3) is 0.529. The van der Waals surface area contributed by atoms with Gasteiger partial charge in [0.1, 0.15) is 10.0 Å². The minimum Gasteiger partial charge on any atom is -0.312 e. The molecule has 0 fully saturated rings. The van der Waals surface area contributed by atoms with Gasteiger partial charge in [-0.3, -0.25) is 0 Å². The number of nitrogens with zero attached hydrogens (tertiary/aromatic N) is 2. The Bertz CT molecular complexity index is 596. The molecular weight excluding hydrogens is 278 g/mol. The van der Waals surface area contributed by atoms with Gasteiger partial charge in [0.05, 0.1) is 0 Å². The first-order chi connectivity index (χ1) is 9.85. The molecule has 114 valence electrons. The van der Waals surface area contributed by atoms with Gasteiger partial charge in [-0.25, -0.2) is 0 Å². The van der Waals surface area contributed by atoms with Gasteiger partial charge in [0, 0.05) is 17.5 Å². The normalized spacial score (nSPS) is 11.9. The van der Waals surface area contributed by atoms with E-state index in [9.17, 15) is 0 Å². The van der Waals surface area contributed by atoms with Crippen LogP contribution in [0.3, 0.4) is 0 Å². The monoisotopic (exact) mass is 303 g/mol. The summed E-state index contributed by atoms with van der Waals surface area (Å²) in [5, 5.41) is 14.3. The maximum absolute atomic E-state index is 4.33. The summed E-state index contributed by atoms with van der Waals surface area (Å²) in [4.78, 5) is 0. The number of hydrogen-bond acceptors (Lipinski definition) is 4. The lowest BCUT2D eigenvalue weighted by Gasteiger charge is -2.20. The number of nitrogens with one attached hydrogen (secondary N) is 1. The van der Waals surface area contributed by atoms with Crippen molar-refractivity contribution in [1.82, 2.24) is 15.5 Å². The maximum Gasteiger partial charge on any atom is 0.147 e. The van der Waals surface area contributed by atoms with E-state index in [1.54, 1.807) is 11.3 Å². The van der Waals surface area contributed by atoms with Crippen LogP contribution >= 0.6 is 11.3 Å². The molecule has 1 N–H and O–H groups in total. The highest BCUT2D eigenvalue weighted by molar-refractivity contribution is 7.14. The van der Waals surface area contributed by atoms with Crippen LogP contribution in [0.5, 0.6) is 0 Å². The van der Waals surface area contributed by atoms with Gasteiger partial charge in [-0.1, -0.05) is 23.5 Å². The summed E-state index contributed by atoms with van der Waals surface area (Å²) >= 11 is 1.71. The zero-order valence-electron chi connectivity index (χ0n) is 13.7. The topological polar surface area (TPSA) is 37.8 Å². The van der Waals surface area contributed by atoms with E-state index in [0.29, 0.717) is 0 Å². The van der Waals surface area contributed by atoms with Gasteiger partial charge in [0.25, 0.3) is 0 Å². The van der Waals surface area contributed by atoms with E-state index in [1.165, 1.54) is 16.7 Å². The molecule has 1 aromatic carbocycles. The molecule has 0 bridgehead atoms. The molecule has 0 amide bonds. The molecule has 21 heavy (non-hydrogen) atoms. The van der Waals surface area contributed by atoms with Crippen molar-refractivity contribution in [2.24, 2.45) is 0 Å². The second-order valence-electron chi connectivity index (χ2n) is 6.58. The quantitative estimate of drug-likeness (QED) is 0.843. The Morgan fingerprint density at radius 1 is 1.10 bits per heavy atom. The van der Waals surface area contributed by atoms with Crippen molar-refractivity contribution >= 4 is 11.3 Å². The van der Waals surface area contributed by atoms with Gasteiger partial charge < -0.3 is 5.32 Å². The van der Waals surface area contributed by atoms with Gasteiger partial charge in [-0.15, -0.1) is 10.2 Å². The van der Waals surface area contributed by atoms with Crippen LogP contribution < -0.4 is 5.32 Å². The Balaban J connectivity index is 1.93. The Hall–Kier alpha value is -1.26. The zero-order valence-corrected chi connectivity index (χ0v) is 14.5.